The van der Waals surface area contributed by atoms with Crippen LogP contribution in [0.5, 0.6) is 0 Å². The maximum Gasteiger partial charge on any atom is 0.268 e. The summed E-state index contributed by atoms with van der Waals surface area (Å²) in [5.74, 6) is -3.40. The van der Waals surface area contributed by atoms with Gasteiger partial charge in [-0.2, -0.15) is 0 Å². The molecule has 0 aliphatic heterocycles. The van der Waals surface area contributed by atoms with E-state index >= 15 is 0 Å². The van der Waals surface area contributed by atoms with Gasteiger partial charge < -0.3 is 19.9 Å². The molecule has 37 heavy (non-hydrogen) atoms. The monoisotopic (exact) mass is 551 g/mol. The number of rotatable bonds is 10. The molecule has 0 bridgehead atoms. The van der Waals surface area contributed by atoms with Gasteiger partial charge in [0.15, 0.2) is 0 Å². The summed E-state index contributed by atoms with van der Waals surface area (Å²) in [6, 6.07) is 8.61. The zero-order chi connectivity index (χ0) is 27.3. The van der Waals surface area contributed by atoms with E-state index in [9.17, 15) is 23.2 Å². The molecule has 0 saturated heterocycles. The fourth-order valence-electron chi connectivity index (χ4n) is 3.94. The number of anilines is 1. The minimum absolute atomic E-state index is 0.0256. The van der Waals surface area contributed by atoms with Crippen LogP contribution < -0.4 is 10.6 Å². The molecule has 0 spiro atoms. The molecule has 3 aromatic rings. The lowest BCUT2D eigenvalue weighted by molar-refractivity contribution is -0.117. The molecule has 0 aliphatic rings. The molecule has 0 fully saturated rings. The zero-order valence-corrected chi connectivity index (χ0v) is 21.8. The van der Waals surface area contributed by atoms with E-state index in [1.54, 1.807) is 6.92 Å². The highest BCUT2D eigenvalue weighted by Gasteiger charge is 2.28. The van der Waals surface area contributed by atoms with E-state index in [2.05, 4.69) is 10.6 Å². The van der Waals surface area contributed by atoms with Gasteiger partial charge in [0.2, 0.25) is 0 Å². The van der Waals surface area contributed by atoms with E-state index in [1.165, 1.54) is 48.9 Å². The number of nitrogens with zero attached hydrogens (tertiary/aromatic N) is 1. The molecular weight excluding hydrogens is 527 g/mol. The van der Waals surface area contributed by atoms with Crippen LogP contribution >= 0.6 is 23.2 Å². The molecular formula is C26H25Cl2F2N3O4. The standard InChI is InChI=1S/C26H25Cl2F2N3O4/c1-14(34)13-33-23(26(36)31-6-7-37-3)12-22(32-25(35)16-8-17(27)10-19(30)9-16)24(33)15(2)20-11-18(29)4-5-21(20)28/h4-5,8-12,15H,6-7,13H2,1-3H3,(H,31,36)(H,32,35)/t15-/m0/s1. The number of Topliss-reactive ketones (excluding diaryl/α,β-unsaturated/α-hetero) is 1. The van der Waals surface area contributed by atoms with Crippen molar-refractivity contribution in [2.75, 3.05) is 25.6 Å². The first-order valence-electron chi connectivity index (χ1n) is 11.2. The predicted molar refractivity (Wildman–Crippen MR) is 138 cm³/mol. The molecule has 1 atom stereocenters. The van der Waals surface area contributed by atoms with Crippen LogP contribution in [0.1, 0.15) is 51.9 Å². The predicted octanol–water partition coefficient (Wildman–Crippen LogP) is 5.44. The summed E-state index contributed by atoms with van der Waals surface area (Å²) < 4.78 is 34.4. The molecule has 2 amide bonds. The first-order chi connectivity index (χ1) is 17.5. The van der Waals surface area contributed by atoms with E-state index in [0.29, 0.717) is 11.3 Å². The third-order valence-corrected chi connectivity index (χ3v) is 6.11. The summed E-state index contributed by atoms with van der Waals surface area (Å²) in [6.45, 7) is 3.30. The quantitative estimate of drug-likeness (QED) is 0.328. The third kappa shape index (κ3) is 6.94. The van der Waals surface area contributed by atoms with Crippen LogP contribution in [-0.4, -0.2) is 42.4 Å². The van der Waals surface area contributed by atoms with Crippen molar-refractivity contribution in [2.45, 2.75) is 26.3 Å². The number of halogens is 4. The van der Waals surface area contributed by atoms with Gasteiger partial charge in [0.25, 0.3) is 11.8 Å². The molecule has 7 nitrogen and oxygen atoms in total. The fraction of sp³-hybridized carbons (Fsp3) is 0.269. The van der Waals surface area contributed by atoms with Gasteiger partial charge in [-0.25, -0.2) is 8.78 Å². The summed E-state index contributed by atoms with van der Waals surface area (Å²) in [5.41, 5.74) is 0.887. The van der Waals surface area contributed by atoms with E-state index < -0.39 is 29.4 Å². The minimum Gasteiger partial charge on any atom is -0.383 e. The Morgan fingerprint density at radius 2 is 1.76 bits per heavy atom. The SMILES string of the molecule is COCCNC(=O)c1cc(NC(=O)c2cc(F)cc(Cl)c2)c([C@@H](C)c2cc(F)ccc2Cl)n1CC(C)=O. The maximum atomic E-state index is 14.1. The molecule has 2 aromatic carbocycles. The van der Waals surface area contributed by atoms with Crippen LogP contribution in [0.3, 0.4) is 0 Å². The van der Waals surface area contributed by atoms with Crippen molar-refractivity contribution in [1.82, 2.24) is 9.88 Å². The number of hydrogen-bond acceptors (Lipinski definition) is 4. The largest absolute Gasteiger partial charge is 0.383 e. The molecule has 3 rings (SSSR count). The highest BCUT2D eigenvalue weighted by Crippen LogP contribution is 2.37. The van der Waals surface area contributed by atoms with E-state index in [-0.39, 0.29) is 52.5 Å². The third-order valence-electron chi connectivity index (χ3n) is 5.55. The first kappa shape index (κ1) is 28.3. The lowest BCUT2D eigenvalue weighted by Gasteiger charge is -2.20. The Kier molecular flexibility index (Phi) is 9.42. The normalized spacial score (nSPS) is 11.8. The molecule has 0 radical (unpaired) electrons. The van der Waals surface area contributed by atoms with Crippen LogP contribution in [0.15, 0.2) is 42.5 Å². The Hall–Kier alpha value is -3.27. The van der Waals surface area contributed by atoms with E-state index in [1.807, 2.05) is 0 Å². The second kappa shape index (κ2) is 12.3. The summed E-state index contributed by atoms with van der Waals surface area (Å²) >= 11 is 12.3. The summed E-state index contributed by atoms with van der Waals surface area (Å²) in [7, 11) is 1.49. The topological polar surface area (TPSA) is 89.4 Å². The highest BCUT2D eigenvalue weighted by atomic mass is 35.5. The van der Waals surface area contributed by atoms with E-state index in [0.717, 1.165) is 12.1 Å². The average Bonchev–Trinajstić information content (AvgIpc) is 3.16. The lowest BCUT2D eigenvalue weighted by atomic mass is 9.96. The van der Waals surface area contributed by atoms with Gasteiger partial charge in [0.05, 0.1) is 18.8 Å². The number of ether oxygens (including phenoxy) is 1. The molecule has 1 heterocycles. The van der Waals surface area contributed by atoms with Crippen molar-refractivity contribution >= 4 is 46.5 Å². The fourth-order valence-corrected chi connectivity index (χ4v) is 4.45. The van der Waals surface area contributed by atoms with Crippen LogP contribution in [0.2, 0.25) is 10.0 Å². The molecule has 0 unspecified atom stereocenters. The summed E-state index contributed by atoms with van der Waals surface area (Å²) in [5, 5.41) is 5.66. The van der Waals surface area contributed by atoms with Gasteiger partial charge in [0, 0.05) is 40.9 Å². The summed E-state index contributed by atoms with van der Waals surface area (Å²) in [6.07, 6.45) is 0. The second-order valence-corrected chi connectivity index (χ2v) is 9.21. The Labute approximate surface area is 222 Å². The van der Waals surface area contributed by atoms with Gasteiger partial charge in [0.1, 0.15) is 23.1 Å². The van der Waals surface area contributed by atoms with Crippen molar-refractivity contribution in [3.63, 3.8) is 0 Å². The number of benzene rings is 2. The first-order valence-corrected chi connectivity index (χ1v) is 12.0. The smallest absolute Gasteiger partial charge is 0.268 e. The van der Waals surface area contributed by atoms with Gasteiger partial charge in [-0.15, -0.1) is 0 Å². The van der Waals surface area contributed by atoms with Crippen molar-refractivity contribution in [2.24, 2.45) is 0 Å². The highest BCUT2D eigenvalue weighted by molar-refractivity contribution is 6.31. The zero-order valence-electron chi connectivity index (χ0n) is 20.3. The molecule has 196 valence electrons. The van der Waals surface area contributed by atoms with Gasteiger partial charge in [-0.3, -0.25) is 14.4 Å². The van der Waals surface area contributed by atoms with Crippen molar-refractivity contribution in [3.05, 3.63) is 86.7 Å². The number of carbonyl (C=O) groups excluding carboxylic acids is 3. The van der Waals surface area contributed by atoms with Crippen LogP contribution in [0, 0.1) is 11.6 Å². The van der Waals surface area contributed by atoms with Crippen LogP contribution in [-0.2, 0) is 16.1 Å². The van der Waals surface area contributed by atoms with Gasteiger partial charge in [-0.1, -0.05) is 30.1 Å². The lowest BCUT2D eigenvalue weighted by Crippen LogP contribution is -2.30. The number of amides is 2. The molecule has 11 heteroatoms. The number of hydrogen-bond donors (Lipinski definition) is 2. The van der Waals surface area contributed by atoms with Crippen LogP contribution in [0.25, 0.3) is 0 Å². The number of methoxy groups -OCH3 is 1. The molecule has 1 aromatic heterocycles. The molecule has 2 N–H and O–H groups in total. The molecule has 0 aliphatic carbocycles. The number of aromatic nitrogens is 1. The summed E-state index contributed by atoms with van der Waals surface area (Å²) in [4.78, 5) is 38.3. The maximum absolute atomic E-state index is 14.1. The molecule has 0 saturated carbocycles. The average molecular weight is 552 g/mol. The van der Waals surface area contributed by atoms with Gasteiger partial charge >= 0.3 is 0 Å². The Bertz CT molecular complexity index is 1320. The van der Waals surface area contributed by atoms with E-state index in [4.69, 9.17) is 27.9 Å². The minimum atomic E-state index is -0.704. The second-order valence-electron chi connectivity index (χ2n) is 8.37. The van der Waals surface area contributed by atoms with Crippen molar-refractivity contribution < 1.29 is 27.9 Å². The Balaban J connectivity index is 2.17. The number of nitrogens with one attached hydrogen (secondary N) is 2. The van der Waals surface area contributed by atoms with Crippen molar-refractivity contribution in [3.8, 4) is 0 Å². The van der Waals surface area contributed by atoms with Crippen molar-refractivity contribution in [1.29, 1.82) is 0 Å². The number of ketones is 1. The Morgan fingerprint density at radius 1 is 1.03 bits per heavy atom. The number of carbonyl (C=O) groups is 3. The van der Waals surface area contributed by atoms with Crippen LogP contribution in [0.4, 0.5) is 14.5 Å². The Morgan fingerprint density at radius 3 is 2.41 bits per heavy atom. The van der Waals surface area contributed by atoms with Gasteiger partial charge in [-0.05, 0) is 55.0 Å².